The third-order valence-corrected chi connectivity index (χ3v) is 3.11. The molecule has 2 heteroatoms. The van der Waals surface area contributed by atoms with Gasteiger partial charge in [-0.25, -0.2) is 0 Å². The van der Waals surface area contributed by atoms with E-state index in [4.69, 9.17) is 0 Å². The first-order valence-electron chi connectivity index (χ1n) is 6.77. The number of allylic oxidation sites excluding steroid dienone is 1. The zero-order chi connectivity index (χ0) is 14.4. The number of amides is 1. The van der Waals surface area contributed by atoms with E-state index in [-0.39, 0.29) is 5.91 Å². The molecular weight excluding hydrogens is 246 g/mol. The van der Waals surface area contributed by atoms with E-state index in [1.165, 1.54) is 5.56 Å². The highest BCUT2D eigenvalue weighted by Crippen LogP contribution is 2.28. The molecule has 0 aliphatic carbocycles. The summed E-state index contributed by atoms with van der Waals surface area (Å²) in [7, 11) is 0. The van der Waals surface area contributed by atoms with E-state index in [1.54, 1.807) is 6.08 Å². The topological polar surface area (TPSA) is 29.1 Å². The summed E-state index contributed by atoms with van der Waals surface area (Å²) >= 11 is 0. The highest BCUT2D eigenvalue weighted by molar-refractivity contribution is 5.95. The highest BCUT2D eigenvalue weighted by Gasteiger charge is 2.07. The molecule has 0 saturated carbocycles. The van der Waals surface area contributed by atoms with Gasteiger partial charge in [0, 0.05) is 17.7 Å². The SMILES string of the molecule is C=CCCC(=O)Nc1ccccc1-c1cccc(C)c1. The Morgan fingerprint density at radius 1 is 1.20 bits per heavy atom. The molecule has 2 nitrogen and oxygen atoms in total. The predicted octanol–water partition coefficient (Wildman–Crippen LogP) is 4.57. The molecule has 0 spiro atoms. The largest absolute Gasteiger partial charge is 0.326 e. The Balaban J connectivity index is 2.26. The molecule has 0 heterocycles. The third kappa shape index (κ3) is 3.58. The van der Waals surface area contributed by atoms with Gasteiger partial charge in [0.25, 0.3) is 0 Å². The first kappa shape index (κ1) is 14.1. The van der Waals surface area contributed by atoms with Crippen molar-refractivity contribution in [2.75, 3.05) is 5.32 Å². The minimum Gasteiger partial charge on any atom is -0.326 e. The van der Waals surface area contributed by atoms with Gasteiger partial charge in [-0.3, -0.25) is 4.79 Å². The van der Waals surface area contributed by atoms with Crippen molar-refractivity contribution < 1.29 is 4.79 Å². The maximum absolute atomic E-state index is 11.9. The van der Waals surface area contributed by atoms with Crippen molar-refractivity contribution in [3.8, 4) is 11.1 Å². The second-order valence-corrected chi connectivity index (χ2v) is 4.79. The van der Waals surface area contributed by atoms with Crippen LogP contribution in [0.5, 0.6) is 0 Å². The molecule has 0 bridgehead atoms. The Hall–Kier alpha value is -2.35. The first-order chi connectivity index (χ1) is 9.70. The fourth-order valence-electron chi connectivity index (χ4n) is 2.10. The van der Waals surface area contributed by atoms with E-state index in [0.29, 0.717) is 12.8 Å². The van der Waals surface area contributed by atoms with Gasteiger partial charge < -0.3 is 5.32 Å². The van der Waals surface area contributed by atoms with Crippen molar-refractivity contribution in [2.45, 2.75) is 19.8 Å². The Morgan fingerprint density at radius 3 is 2.75 bits per heavy atom. The second-order valence-electron chi connectivity index (χ2n) is 4.79. The molecule has 102 valence electrons. The fourth-order valence-corrected chi connectivity index (χ4v) is 2.10. The molecule has 0 fully saturated rings. The van der Waals surface area contributed by atoms with Gasteiger partial charge in [-0.05, 0) is 25.0 Å². The molecule has 1 N–H and O–H groups in total. The average molecular weight is 265 g/mol. The Bertz CT molecular complexity index is 616. The molecule has 0 unspecified atom stereocenters. The maximum Gasteiger partial charge on any atom is 0.224 e. The zero-order valence-electron chi connectivity index (χ0n) is 11.7. The maximum atomic E-state index is 11.9. The number of benzene rings is 2. The lowest BCUT2D eigenvalue weighted by Crippen LogP contribution is -2.11. The van der Waals surface area contributed by atoms with Crippen molar-refractivity contribution >= 4 is 11.6 Å². The third-order valence-electron chi connectivity index (χ3n) is 3.11. The summed E-state index contributed by atoms with van der Waals surface area (Å²) in [6.45, 7) is 5.70. The van der Waals surface area contributed by atoms with Gasteiger partial charge in [-0.1, -0.05) is 54.1 Å². The summed E-state index contributed by atoms with van der Waals surface area (Å²) in [5, 5.41) is 2.98. The van der Waals surface area contributed by atoms with Crippen LogP contribution < -0.4 is 5.32 Å². The summed E-state index contributed by atoms with van der Waals surface area (Å²) in [4.78, 5) is 11.9. The van der Waals surface area contributed by atoms with Gasteiger partial charge in [0.15, 0.2) is 0 Å². The summed E-state index contributed by atoms with van der Waals surface area (Å²) < 4.78 is 0. The number of carbonyl (C=O) groups excluding carboxylic acids is 1. The number of carbonyl (C=O) groups is 1. The van der Waals surface area contributed by atoms with Crippen LogP contribution in [0.15, 0.2) is 61.2 Å². The van der Waals surface area contributed by atoms with E-state index < -0.39 is 0 Å². The van der Waals surface area contributed by atoms with Gasteiger partial charge in [0.05, 0.1) is 0 Å². The van der Waals surface area contributed by atoms with Crippen LogP contribution in [-0.4, -0.2) is 5.91 Å². The lowest BCUT2D eigenvalue weighted by molar-refractivity contribution is -0.116. The lowest BCUT2D eigenvalue weighted by Gasteiger charge is -2.11. The molecule has 0 aliphatic rings. The van der Waals surface area contributed by atoms with E-state index in [2.05, 4.69) is 37.0 Å². The van der Waals surface area contributed by atoms with Gasteiger partial charge in [-0.2, -0.15) is 0 Å². The number of hydrogen-bond acceptors (Lipinski definition) is 1. The molecule has 0 radical (unpaired) electrons. The quantitative estimate of drug-likeness (QED) is 0.788. The summed E-state index contributed by atoms with van der Waals surface area (Å²) in [5.74, 6) is 0.0185. The number of rotatable bonds is 5. The monoisotopic (exact) mass is 265 g/mol. The summed E-state index contributed by atoms with van der Waals surface area (Å²) in [6.07, 6.45) is 2.91. The molecule has 0 aromatic heterocycles. The zero-order valence-corrected chi connectivity index (χ0v) is 11.7. The fraction of sp³-hybridized carbons (Fsp3) is 0.167. The minimum absolute atomic E-state index is 0.0185. The Morgan fingerprint density at radius 2 is 2.00 bits per heavy atom. The van der Waals surface area contributed by atoms with E-state index in [9.17, 15) is 4.79 Å². The van der Waals surface area contributed by atoms with Crippen molar-refractivity contribution in [3.05, 3.63) is 66.7 Å². The number of anilines is 1. The van der Waals surface area contributed by atoms with Gasteiger partial charge in [0.1, 0.15) is 0 Å². The Labute approximate surface area is 120 Å². The molecule has 0 saturated heterocycles. The summed E-state index contributed by atoms with van der Waals surface area (Å²) in [5.41, 5.74) is 4.22. The lowest BCUT2D eigenvalue weighted by atomic mass is 10.0. The van der Waals surface area contributed by atoms with Crippen molar-refractivity contribution in [1.82, 2.24) is 0 Å². The summed E-state index contributed by atoms with van der Waals surface area (Å²) in [6, 6.07) is 16.1. The van der Waals surface area contributed by atoms with E-state index in [1.807, 2.05) is 30.3 Å². The molecule has 2 rings (SSSR count). The Kier molecular flexibility index (Phi) is 4.72. The number of para-hydroxylation sites is 1. The molecule has 0 atom stereocenters. The van der Waals surface area contributed by atoms with Gasteiger partial charge in [-0.15, -0.1) is 6.58 Å². The van der Waals surface area contributed by atoms with E-state index in [0.717, 1.165) is 16.8 Å². The highest BCUT2D eigenvalue weighted by atomic mass is 16.1. The average Bonchev–Trinajstić information content (AvgIpc) is 2.45. The minimum atomic E-state index is 0.0185. The number of aryl methyl sites for hydroxylation is 1. The van der Waals surface area contributed by atoms with Crippen molar-refractivity contribution in [1.29, 1.82) is 0 Å². The molecular formula is C18H19NO. The first-order valence-corrected chi connectivity index (χ1v) is 6.77. The number of nitrogens with one attached hydrogen (secondary N) is 1. The van der Waals surface area contributed by atoms with Crippen LogP contribution in [-0.2, 0) is 4.79 Å². The van der Waals surface area contributed by atoms with Crippen LogP contribution in [0.3, 0.4) is 0 Å². The van der Waals surface area contributed by atoms with Crippen LogP contribution in [0, 0.1) is 6.92 Å². The molecule has 2 aromatic rings. The number of hydrogen-bond donors (Lipinski definition) is 1. The van der Waals surface area contributed by atoms with Crippen LogP contribution in [0.1, 0.15) is 18.4 Å². The van der Waals surface area contributed by atoms with Gasteiger partial charge in [0.2, 0.25) is 5.91 Å². The smallest absolute Gasteiger partial charge is 0.224 e. The molecule has 20 heavy (non-hydrogen) atoms. The predicted molar refractivity (Wildman–Crippen MR) is 84.7 cm³/mol. The molecule has 0 aliphatic heterocycles. The second kappa shape index (κ2) is 6.71. The van der Waals surface area contributed by atoms with Crippen molar-refractivity contribution in [2.24, 2.45) is 0 Å². The normalized spacial score (nSPS) is 10.1. The van der Waals surface area contributed by atoms with Crippen molar-refractivity contribution in [3.63, 3.8) is 0 Å². The van der Waals surface area contributed by atoms with Crippen LogP contribution >= 0.6 is 0 Å². The van der Waals surface area contributed by atoms with Gasteiger partial charge >= 0.3 is 0 Å². The molecule has 1 amide bonds. The van der Waals surface area contributed by atoms with Crippen LogP contribution in [0.25, 0.3) is 11.1 Å². The molecule has 2 aromatic carbocycles. The standard InChI is InChI=1S/C18H19NO/c1-3-4-12-18(20)19-17-11-6-5-10-16(17)15-9-7-8-14(2)13-15/h3,5-11,13H,1,4,12H2,2H3,(H,19,20). The van der Waals surface area contributed by atoms with Crippen LogP contribution in [0.2, 0.25) is 0 Å². The van der Waals surface area contributed by atoms with E-state index >= 15 is 0 Å². The van der Waals surface area contributed by atoms with Crippen LogP contribution in [0.4, 0.5) is 5.69 Å².